The molecule has 0 amide bonds. The van der Waals surface area contributed by atoms with Crippen LogP contribution >= 0.6 is 27.5 Å². The molecule has 1 rings (SSSR count). The van der Waals surface area contributed by atoms with Gasteiger partial charge in [0, 0.05) is 6.04 Å². The van der Waals surface area contributed by atoms with E-state index in [9.17, 15) is 13.2 Å². The van der Waals surface area contributed by atoms with Gasteiger partial charge in [0.1, 0.15) is 23.8 Å². The number of anilines is 1. The van der Waals surface area contributed by atoms with Gasteiger partial charge in [-0.15, -0.1) is 0 Å². The monoisotopic (exact) mass is 331 g/mol. The van der Waals surface area contributed by atoms with Gasteiger partial charge in [-0.1, -0.05) is 11.6 Å². The molecule has 3 nitrogen and oxygen atoms in total. The van der Waals surface area contributed by atoms with Crippen LogP contribution in [-0.4, -0.2) is 28.7 Å². The van der Waals surface area contributed by atoms with Crippen molar-refractivity contribution in [1.29, 1.82) is 0 Å². The number of aromatic nitrogens is 2. The van der Waals surface area contributed by atoms with Gasteiger partial charge in [0.05, 0.1) is 4.47 Å². The Morgan fingerprint density at radius 2 is 2.00 bits per heavy atom. The summed E-state index contributed by atoms with van der Waals surface area (Å²) in [6, 6.07) is -0.362. The lowest BCUT2D eigenvalue weighted by molar-refractivity contribution is -0.120. The summed E-state index contributed by atoms with van der Waals surface area (Å²) in [5.41, 5.74) is 0. The van der Waals surface area contributed by atoms with Gasteiger partial charge in [-0.3, -0.25) is 0 Å². The van der Waals surface area contributed by atoms with Crippen molar-refractivity contribution in [2.75, 3.05) is 11.4 Å². The first-order valence-electron chi connectivity index (χ1n) is 4.71. The maximum absolute atomic E-state index is 12.5. The summed E-state index contributed by atoms with van der Waals surface area (Å²) in [6.07, 6.45) is -3.17. The fraction of sp³-hybridized carbons (Fsp3) is 0.556. The molecular weight excluding hydrogens is 322 g/mol. The first kappa shape index (κ1) is 14.5. The van der Waals surface area contributed by atoms with E-state index < -0.39 is 12.7 Å². The molecular formula is C9H10BrClF3N3. The van der Waals surface area contributed by atoms with Crippen molar-refractivity contribution in [3.05, 3.63) is 16.0 Å². The van der Waals surface area contributed by atoms with Crippen molar-refractivity contribution in [2.45, 2.75) is 26.1 Å². The summed E-state index contributed by atoms with van der Waals surface area (Å²) in [5.74, 6) is 0.136. The molecule has 1 aromatic heterocycles. The summed E-state index contributed by atoms with van der Waals surface area (Å²) in [5, 5.41) is 0.0859. The Morgan fingerprint density at radius 1 is 1.41 bits per heavy atom. The summed E-state index contributed by atoms with van der Waals surface area (Å²) in [4.78, 5) is 8.61. The Hall–Kier alpha value is -0.560. The number of rotatable bonds is 3. The van der Waals surface area contributed by atoms with Gasteiger partial charge < -0.3 is 4.90 Å². The van der Waals surface area contributed by atoms with E-state index in [0.717, 1.165) is 11.2 Å². The predicted octanol–water partition coefficient (Wildman–Crippen LogP) is 3.67. The van der Waals surface area contributed by atoms with Gasteiger partial charge in [-0.05, 0) is 29.8 Å². The van der Waals surface area contributed by atoms with Crippen molar-refractivity contribution < 1.29 is 13.2 Å². The third-order valence-electron chi connectivity index (χ3n) is 1.97. The van der Waals surface area contributed by atoms with E-state index >= 15 is 0 Å². The van der Waals surface area contributed by atoms with E-state index in [1.165, 1.54) is 0 Å². The molecule has 1 heterocycles. The van der Waals surface area contributed by atoms with Crippen LogP contribution in [0.3, 0.4) is 0 Å². The second kappa shape index (κ2) is 5.39. The van der Waals surface area contributed by atoms with Crippen molar-refractivity contribution in [3.63, 3.8) is 0 Å². The lowest BCUT2D eigenvalue weighted by atomic mass is 10.3. The predicted molar refractivity (Wildman–Crippen MR) is 63.3 cm³/mol. The highest BCUT2D eigenvalue weighted by molar-refractivity contribution is 9.10. The summed E-state index contributed by atoms with van der Waals surface area (Å²) in [7, 11) is 0. The first-order chi connectivity index (χ1) is 7.72. The standard InChI is InChI=1S/C9H10BrClF3N3/c1-5(2)17(3-9(12,13)14)8-6(10)7(11)15-4-16-8/h4-5H,3H2,1-2H3. The summed E-state index contributed by atoms with van der Waals surface area (Å²) < 4.78 is 37.6. The fourth-order valence-corrected chi connectivity index (χ4v) is 1.80. The second-order valence-corrected chi connectivity index (χ2v) is 4.79. The molecule has 96 valence electrons. The van der Waals surface area contributed by atoms with Crippen LogP contribution in [0.4, 0.5) is 19.0 Å². The normalized spacial score (nSPS) is 12.0. The molecule has 17 heavy (non-hydrogen) atoms. The van der Waals surface area contributed by atoms with Crippen molar-refractivity contribution >= 4 is 33.3 Å². The molecule has 0 aliphatic heterocycles. The Kier molecular flexibility index (Phi) is 4.60. The number of nitrogens with zero attached hydrogens (tertiary/aromatic N) is 3. The minimum absolute atomic E-state index is 0.0859. The fourth-order valence-electron chi connectivity index (χ4n) is 1.24. The zero-order valence-corrected chi connectivity index (χ0v) is 11.4. The average molecular weight is 333 g/mol. The number of alkyl halides is 3. The maximum Gasteiger partial charge on any atom is 0.405 e. The van der Waals surface area contributed by atoms with Crippen molar-refractivity contribution in [2.24, 2.45) is 0 Å². The Labute approximate surface area is 110 Å². The van der Waals surface area contributed by atoms with Gasteiger partial charge in [0.2, 0.25) is 0 Å². The third-order valence-corrected chi connectivity index (χ3v) is 3.22. The molecule has 0 bridgehead atoms. The highest BCUT2D eigenvalue weighted by Crippen LogP contribution is 2.32. The highest BCUT2D eigenvalue weighted by Gasteiger charge is 2.33. The zero-order chi connectivity index (χ0) is 13.2. The van der Waals surface area contributed by atoms with E-state index in [-0.39, 0.29) is 21.5 Å². The van der Waals surface area contributed by atoms with Gasteiger partial charge in [0.25, 0.3) is 0 Å². The molecule has 0 aliphatic carbocycles. The summed E-state index contributed by atoms with van der Waals surface area (Å²) in [6.45, 7) is 2.21. The molecule has 0 radical (unpaired) electrons. The maximum atomic E-state index is 12.5. The minimum Gasteiger partial charge on any atom is -0.344 e. The summed E-state index contributed by atoms with van der Waals surface area (Å²) >= 11 is 8.82. The number of hydrogen-bond acceptors (Lipinski definition) is 3. The van der Waals surface area contributed by atoms with Crippen LogP contribution in [0.25, 0.3) is 0 Å². The molecule has 0 spiro atoms. The quantitative estimate of drug-likeness (QED) is 0.791. The molecule has 0 aromatic carbocycles. The molecule has 0 saturated heterocycles. The molecule has 0 atom stereocenters. The van der Waals surface area contributed by atoms with Crippen LogP contribution in [-0.2, 0) is 0 Å². The molecule has 0 N–H and O–H groups in total. The van der Waals surface area contributed by atoms with Crippen LogP contribution in [0, 0.1) is 0 Å². The molecule has 8 heteroatoms. The van der Waals surface area contributed by atoms with E-state index in [1.807, 2.05) is 0 Å². The van der Waals surface area contributed by atoms with Gasteiger partial charge in [-0.25, -0.2) is 9.97 Å². The van der Waals surface area contributed by atoms with Crippen LogP contribution in [0.1, 0.15) is 13.8 Å². The Bertz CT molecular complexity index is 398. The topological polar surface area (TPSA) is 29.0 Å². The van der Waals surface area contributed by atoms with Crippen LogP contribution in [0.15, 0.2) is 10.8 Å². The average Bonchev–Trinajstić information content (AvgIpc) is 2.17. The van der Waals surface area contributed by atoms with E-state index in [4.69, 9.17) is 11.6 Å². The van der Waals surface area contributed by atoms with E-state index in [2.05, 4.69) is 25.9 Å². The van der Waals surface area contributed by atoms with Crippen LogP contribution in [0.2, 0.25) is 5.15 Å². The molecule has 0 saturated carbocycles. The van der Waals surface area contributed by atoms with E-state index in [1.54, 1.807) is 13.8 Å². The second-order valence-electron chi connectivity index (χ2n) is 3.64. The van der Waals surface area contributed by atoms with Crippen LogP contribution in [0.5, 0.6) is 0 Å². The highest BCUT2D eigenvalue weighted by atomic mass is 79.9. The molecule has 0 fully saturated rings. The van der Waals surface area contributed by atoms with Gasteiger partial charge in [0.15, 0.2) is 0 Å². The lowest BCUT2D eigenvalue weighted by Crippen LogP contribution is -2.40. The molecule has 0 unspecified atom stereocenters. The van der Waals surface area contributed by atoms with Gasteiger partial charge in [-0.2, -0.15) is 13.2 Å². The van der Waals surface area contributed by atoms with Crippen molar-refractivity contribution in [3.8, 4) is 0 Å². The van der Waals surface area contributed by atoms with E-state index in [0.29, 0.717) is 0 Å². The molecule has 1 aromatic rings. The largest absolute Gasteiger partial charge is 0.405 e. The smallest absolute Gasteiger partial charge is 0.344 e. The third kappa shape index (κ3) is 3.99. The Morgan fingerprint density at radius 3 is 2.47 bits per heavy atom. The lowest BCUT2D eigenvalue weighted by Gasteiger charge is -2.29. The SMILES string of the molecule is CC(C)N(CC(F)(F)F)c1ncnc(Cl)c1Br. The number of halogens is 5. The minimum atomic E-state index is -4.30. The number of hydrogen-bond donors (Lipinski definition) is 0. The first-order valence-corrected chi connectivity index (χ1v) is 5.89. The zero-order valence-electron chi connectivity index (χ0n) is 9.09. The molecule has 0 aliphatic rings. The van der Waals surface area contributed by atoms with Gasteiger partial charge >= 0.3 is 6.18 Å². The Balaban J connectivity index is 3.10. The van der Waals surface area contributed by atoms with Crippen LogP contribution < -0.4 is 4.90 Å². The van der Waals surface area contributed by atoms with Crippen molar-refractivity contribution in [1.82, 2.24) is 9.97 Å².